The Morgan fingerprint density at radius 1 is 1.11 bits per heavy atom. The van der Waals surface area contributed by atoms with E-state index in [4.69, 9.17) is 21.1 Å². The lowest BCUT2D eigenvalue weighted by atomic mass is 9.71. The molecule has 1 aliphatic heterocycles. The van der Waals surface area contributed by atoms with E-state index in [9.17, 15) is 27.9 Å². The third kappa shape index (κ3) is 5.23. The van der Waals surface area contributed by atoms with Crippen molar-refractivity contribution in [2.45, 2.75) is 86.8 Å². The van der Waals surface area contributed by atoms with Gasteiger partial charge in [-0.1, -0.05) is 11.6 Å². The molecule has 0 unspecified atom stereocenters. The van der Waals surface area contributed by atoms with Gasteiger partial charge >= 0.3 is 6.36 Å². The molecule has 0 spiro atoms. The fraction of sp³-hybridized carbons (Fsp3) is 0.652. The normalized spacial score (nSPS) is 35.2. The molecular weight excluding hydrogens is 493 g/mol. The molecule has 2 atom stereocenters. The molecule has 8 nitrogen and oxygen atoms in total. The Hall–Kier alpha value is -2.08. The third-order valence-electron chi connectivity index (χ3n) is 7.36. The van der Waals surface area contributed by atoms with E-state index in [-0.39, 0.29) is 37.7 Å². The van der Waals surface area contributed by atoms with Gasteiger partial charge in [-0.15, -0.1) is 13.2 Å². The number of ether oxygens (including phenoxy) is 3. The molecular formula is C23H26ClF3N2O6. The Labute approximate surface area is 204 Å². The molecule has 5 aliphatic rings. The van der Waals surface area contributed by atoms with Gasteiger partial charge in [-0.25, -0.2) is 0 Å². The van der Waals surface area contributed by atoms with Crippen LogP contribution in [0, 0.1) is 0 Å². The predicted molar refractivity (Wildman–Crippen MR) is 116 cm³/mol. The molecule has 12 heteroatoms. The molecule has 2 amide bonds. The lowest BCUT2D eigenvalue weighted by Gasteiger charge is -2.48. The second-order valence-corrected chi connectivity index (χ2v) is 10.5. The summed E-state index contributed by atoms with van der Waals surface area (Å²) in [5, 5.41) is 16.9. The molecule has 1 heterocycles. The fourth-order valence-electron chi connectivity index (χ4n) is 5.76. The maximum atomic E-state index is 12.9. The number of hydrogen-bond acceptors (Lipinski definition) is 6. The molecule has 192 valence electrons. The number of amides is 2. The average molecular weight is 519 g/mol. The van der Waals surface area contributed by atoms with Crippen LogP contribution in [-0.4, -0.2) is 59.3 Å². The zero-order valence-electron chi connectivity index (χ0n) is 18.7. The molecule has 1 aromatic rings. The van der Waals surface area contributed by atoms with E-state index in [1.807, 2.05) is 0 Å². The molecule has 4 fully saturated rings. The molecule has 0 radical (unpaired) electrons. The zero-order valence-corrected chi connectivity index (χ0v) is 19.5. The highest BCUT2D eigenvalue weighted by atomic mass is 35.5. The summed E-state index contributed by atoms with van der Waals surface area (Å²) in [6.07, 6.45) is -4.86. The molecule has 2 bridgehead atoms. The van der Waals surface area contributed by atoms with Crippen LogP contribution in [0.4, 0.5) is 13.2 Å². The van der Waals surface area contributed by atoms with Gasteiger partial charge in [0.2, 0.25) is 5.91 Å². The van der Waals surface area contributed by atoms with Gasteiger partial charge in [0.05, 0.1) is 18.3 Å². The molecule has 4 saturated carbocycles. The molecule has 6 rings (SSSR count). The fourth-order valence-corrected chi connectivity index (χ4v) is 5.94. The first-order chi connectivity index (χ1) is 16.4. The second kappa shape index (κ2) is 8.79. The van der Waals surface area contributed by atoms with E-state index in [1.54, 1.807) is 18.2 Å². The molecule has 4 aliphatic carbocycles. The quantitative estimate of drug-likeness (QED) is 0.512. The van der Waals surface area contributed by atoms with Crippen molar-refractivity contribution in [1.82, 2.24) is 10.6 Å². The number of halogens is 4. The van der Waals surface area contributed by atoms with E-state index >= 15 is 0 Å². The van der Waals surface area contributed by atoms with Crippen LogP contribution in [0.2, 0.25) is 5.02 Å². The molecule has 3 N–H and O–H groups in total. The van der Waals surface area contributed by atoms with Crippen molar-refractivity contribution >= 4 is 23.4 Å². The first-order valence-electron chi connectivity index (χ1n) is 11.6. The van der Waals surface area contributed by atoms with Crippen LogP contribution >= 0.6 is 11.6 Å². The Morgan fingerprint density at radius 3 is 2.49 bits per heavy atom. The summed E-state index contributed by atoms with van der Waals surface area (Å²) >= 11 is 5.97. The first-order valence-corrected chi connectivity index (χ1v) is 11.9. The number of carbonyl (C=O) groups is 2. The van der Waals surface area contributed by atoms with Gasteiger partial charge in [-0.3, -0.25) is 14.3 Å². The van der Waals surface area contributed by atoms with Crippen molar-refractivity contribution in [3.05, 3.63) is 28.8 Å². The molecule has 1 aromatic carbocycles. The summed E-state index contributed by atoms with van der Waals surface area (Å²) in [7, 11) is 0. The number of alkyl halides is 3. The number of aliphatic hydroxyl groups excluding tert-OH is 1. The van der Waals surface area contributed by atoms with Gasteiger partial charge in [0.15, 0.2) is 6.10 Å². The monoisotopic (exact) mass is 518 g/mol. The maximum absolute atomic E-state index is 12.9. The lowest BCUT2D eigenvalue weighted by molar-refractivity contribution is -0.357. The number of nitrogens with one attached hydrogen (secondary N) is 2. The average Bonchev–Trinajstić information content (AvgIpc) is 3.23. The summed E-state index contributed by atoms with van der Waals surface area (Å²) < 4.78 is 51.6. The van der Waals surface area contributed by atoms with E-state index in [1.165, 1.54) is 0 Å². The minimum Gasteiger partial charge on any atom is -0.480 e. The second-order valence-electron chi connectivity index (χ2n) is 10.1. The molecule has 0 aromatic heterocycles. The van der Waals surface area contributed by atoms with Crippen molar-refractivity contribution in [3.8, 4) is 5.75 Å². The van der Waals surface area contributed by atoms with Crippen LogP contribution < -0.4 is 15.4 Å². The number of rotatable bonds is 7. The summed E-state index contributed by atoms with van der Waals surface area (Å²) in [6, 6.07) is 4.89. The summed E-state index contributed by atoms with van der Waals surface area (Å²) in [5.74, 6) is -0.216. The Bertz CT molecular complexity index is 1010. The van der Waals surface area contributed by atoms with Crippen molar-refractivity contribution in [1.29, 1.82) is 0 Å². The van der Waals surface area contributed by atoms with Crippen LogP contribution in [0.15, 0.2) is 18.2 Å². The topological polar surface area (TPSA) is 106 Å². The van der Waals surface area contributed by atoms with Gasteiger partial charge in [0, 0.05) is 40.9 Å². The summed E-state index contributed by atoms with van der Waals surface area (Å²) in [4.78, 5) is 25.2. The number of benzene rings is 1. The van der Waals surface area contributed by atoms with Gasteiger partial charge in [0.1, 0.15) is 12.4 Å². The van der Waals surface area contributed by atoms with Crippen molar-refractivity contribution in [2.24, 2.45) is 0 Å². The molecule has 0 saturated heterocycles. The largest absolute Gasteiger partial charge is 0.522 e. The smallest absolute Gasteiger partial charge is 0.480 e. The van der Waals surface area contributed by atoms with Gasteiger partial charge in [-0.2, -0.15) is 0 Å². The summed E-state index contributed by atoms with van der Waals surface area (Å²) in [5.41, 5.74) is -0.305. The third-order valence-corrected chi connectivity index (χ3v) is 7.60. The molecule has 35 heavy (non-hydrogen) atoms. The number of carbonyl (C=O) groups excluding carboxylic acids is 2. The van der Waals surface area contributed by atoms with Gasteiger partial charge in [0.25, 0.3) is 5.91 Å². The number of aliphatic hydroxyl groups is 1. The Kier molecular flexibility index (Phi) is 6.18. The van der Waals surface area contributed by atoms with Crippen LogP contribution in [0.3, 0.4) is 0 Å². The highest BCUT2D eigenvalue weighted by Gasteiger charge is 2.62. The van der Waals surface area contributed by atoms with E-state index < -0.39 is 41.9 Å². The standard InChI is InChI=1S/C23H26ClF3N2O6/c24-12-1-2-17-15(5-12)16(30)8-18(34-17)20(32)29-22-4-3-21(10-22,11-22)28-19(31)9-33-13-6-14(7-13)35-23(25,26)27/h1-2,5,13-14,16,18,30H,3-4,6-11H2,(H,28,31)(H,29,32)/t13?,14?,16-,18-,21?,22?/m1/s1. The highest BCUT2D eigenvalue weighted by Crippen LogP contribution is 2.55. The Balaban J connectivity index is 1.06. The van der Waals surface area contributed by atoms with E-state index in [0.29, 0.717) is 42.0 Å². The lowest BCUT2D eigenvalue weighted by Crippen LogP contribution is -2.66. The Morgan fingerprint density at radius 2 is 1.80 bits per heavy atom. The van der Waals surface area contributed by atoms with Crippen LogP contribution in [-0.2, 0) is 19.1 Å². The van der Waals surface area contributed by atoms with E-state index in [2.05, 4.69) is 15.4 Å². The van der Waals surface area contributed by atoms with Crippen molar-refractivity contribution < 1.29 is 42.1 Å². The number of hydrogen-bond donors (Lipinski definition) is 3. The van der Waals surface area contributed by atoms with Crippen LogP contribution in [0.1, 0.15) is 56.6 Å². The summed E-state index contributed by atoms with van der Waals surface area (Å²) in [6.45, 7) is -0.234. The van der Waals surface area contributed by atoms with Crippen molar-refractivity contribution in [3.63, 3.8) is 0 Å². The SMILES string of the molecule is O=C(COC1CC(OC(F)(F)F)C1)NC12CCC(NC(=O)[C@H]3C[C@@H](O)c4cc(Cl)ccc4O3)(C1)C2. The van der Waals surface area contributed by atoms with Crippen LogP contribution in [0.5, 0.6) is 5.75 Å². The van der Waals surface area contributed by atoms with Gasteiger partial charge in [-0.05, 0) is 43.9 Å². The van der Waals surface area contributed by atoms with Crippen LogP contribution in [0.25, 0.3) is 0 Å². The maximum Gasteiger partial charge on any atom is 0.522 e. The minimum atomic E-state index is -4.66. The first kappa shape index (κ1) is 24.6. The predicted octanol–water partition coefficient (Wildman–Crippen LogP) is 2.91. The number of fused-ring (bicyclic) bond motifs is 2. The highest BCUT2D eigenvalue weighted by molar-refractivity contribution is 6.30. The van der Waals surface area contributed by atoms with Crippen molar-refractivity contribution in [2.75, 3.05) is 6.61 Å². The van der Waals surface area contributed by atoms with E-state index in [0.717, 1.165) is 0 Å². The zero-order chi connectivity index (χ0) is 25.0. The van der Waals surface area contributed by atoms with Gasteiger partial charge < -0.3 is 25.2 Å². The minimum absolute atomic E-state index is 0.0997.